The molecule has 0 aliphatic heterocycles. The molecule has 0 saturated heterocycles. The van der Waals surface area contributed by atoms with Gasteiger partial charge in [-0.25, -0.2) is 0 Å². The Morgan fingerprint density at radius 3 is 1.00 bits per heavy atom. The van der Waals surface area contributed by atoms with Gasteiger partial charge in [0, 0.05) is 0 Å². The second kappa shape index (κ2) is 18.0. The minimum atomic E-state index is -3.37. The monoisotopic (exact) mass is 230 g/mol. The van der Waals surface area contributed by atoms with Crippen molar-refractivity contribution in [2.45, 2.75) is 33.1 Å². The summed E-state index contributed by atoms with van der Waals surface area (Å²) >= 11 is 0. The molecule has 6 nitrogen and oxygen atoms in total. The van der Waals surface area contributed by atoms with Crippen LogP contribution in [0.15, 0.2) is 0 Å². The van der Waals surface area contributed by atoms with Crippen molar-refractivity contribution in [3.63, 3.8) is 0 Å². The van der Waals surface area contributed by atoms with Crippen molar-refractivity contribution >= 4 is 16.5 Å². The van der Waals surface area contributed by atoms with Crippen LogP contribution in [-0.4, -0.2) is 0 Å². The molecule has 13 heavy (non-hydrogen) atoms. The molecule has 0 heterocycles. The summed E-state index contributed by atoms with van der Waals surface area (Å²) < 4.78 is 17.0. The Morgan fingerprint density at radius 1 is 0.846 bits per heavy atom. The van der Waals surface area contributed by atoms with Gasteiger partial charge < -0.3 is 19.6 Å². The lowest BCUT2D eigenvalue weighted by molar-refractivity contribution is -0.298. The Morgan fingerprint density at radius 2 is 1.00 bits per heavy atom. The topological polar surface area (TPSA) is 126 Å². The molecule has 0 aromatic carbocycles. The van der Waals surface area contributed by atoms with E-state index in [9.17, 15) is 0 Å². The van der Waals surface area contributed by atoms with Gasteiger partial charge in [0.05, 0.1) is 0 Å². The molecule has 0 saturated carbocycles. The van der Waals surface area contributed by atoms with E-state index in [0.717, 1.165) is 0 Å². The van der Waals surface area contributed by atoms with Gasteiger partial charge in [0.25, 0.3) is 16.5 Å². The van der Waals surface area contributed by atoms with Crippen molar-refractivity contribution in [1.29, 1.82) is 0 Å². The van der Waals surface area contributed by atoms with E-state index < -0.39 is 16.5 Å². The summed E-state index contributed by atoms with van der Waals surface area (Å²) in [5.41, 5.74) is 0. The standard InChI is InChI=1S/C5H12.2HO3P/c1-3-5-4-2;2*1-4(2)3/h3-5H2,1-2H3;2*(H,1,2,3)/p-2. The summed E-state index contributed by atoms with van der Waals surface area (Å²) in [6, 6.07) is 0. The van der Waals surface area contributed by atoms with Crippen LogP contribution in [0.25, 0.3) is 0 Å². The van der Waals surface area contributed by atoms with E-state index in [2.05, 4.69) is 13.8 Å². The van der Waals surface area contributed by atoms with E-state index in [1.807, 2.05) is 0 Å². The summed E-state index contributed by atoms with van der Waals surface area (Å²) in [4.78, 5) is 33.9. The van der Waals surface area contributed by atoms with E-state index in [1.54, 1.807) is 0 Å². The largest absolute Gasteiger partial charge is 0.598 e. The molecule has 0 fully saturated rings. The number of hydrogen-bond donors (Lipinski definition) is 0. The average Bonchev–Trinajstić information content (AvgIpc) is 1.86. The third kappa shape index (κ3) is 292. The fraction of sp³-hybridized carbons (Fsp3) is 1.00. The summed E-state index contributed by atoms with van der Waals surface area (Å²) in [7, 11) is -6.74. The highest BCUT2D eigenvalue weighted by molar-refractivity contribution is 7.27. The molecule has 0 bridgehead atoms. The zero-order valence-corrected chi connectivity index (χ0v) is 9.25. The number of hydrogen-bond acceptors (Lipinski definition) is 6. The quantitative estimate of drug-likeness (QED) is 0.555. The molecule has 0 aliphatic rings. The van der Waals surface area contributed by atoms with Gasteiger partial charge in [-0.1, -0.05) is 42.2 Å². The third-order valence-electron chi connectivity index (χ3n) is 0.707. The Hall–Kier alpha value is 0.0400. The Kier molecular flexibility index (Phi) is 25.9. The molecule has 0 amide bonds. The van der Waals surface area contributed by atoms with Gasteiger partial charge in [-0.15, -0.1) is 0 Å². The molecule has 0 aromatic rings. The van der Waals surface area contributed by atoms with Crippen LogP contribution < -0.4 is 19.6 Å². The maximum atomic E-state index is 8.48. The van der Waals surface area contributed by atoms with Gasteiger partial charge in [-0.05, 0) is 0 Å². The number of rotatable bonds is 2. The van der Waals surface area contributed by atoms with Crippen LogP contribution in [0.1, 0.15) is 33.1 Å². The minimum absolute atomic E-state index is 1.34. The van der Waals surface area contributed by atoms with Gasteiger partial charge in [0.15, 0.2) is 0 Å². The predicted molar refractivity (Wildman–Crippen MR) is 40.4 cm³/mol. The zero-order chi connectivity index (χ0) is 11.3. The van der Waals surface area contributed by atoms with Crippen molar-refractivity contribution < 1.29 is 28.7 Å². The van der Waals surface area contributed by atoms with Crippen molar-refractivity contribution in [3.05, 3.63) is 0 Å². The molecule has 0 aliphatic carbocycles. The van der Waals surface area contributed by atoms with E-state index in [4.69, 9.17) is 28.7 Å². The lowest BCUT2D eigenvalue weighted by Crippen LogP contribution is -1.97. The Bertz CT molecular complexity index is 106. The molecule has 0 unspecified atom stereocenters. The van der Waals surface area contributed by atoms with Crippen LogP contribution >= 0.6 is 16.5 Å². The molecule has 8 heteroatoms. The Balaban J connectivity index is -0.000000117. The fourth-order valence-corrected chi connectivity index (χ4v) is 0.354. The minimum Gasteiger partial charge on any atom is -0.598 e. The number of unbranched alkanes of at least 4 members (excludes halogenated alkanes) is 2. The van der Waals surface area contributed by atoms with Crippen LogP contribution in [0.2, 0.25) is 0 Å². The van der Waals surface area contributed by atoms with Crippen molar-refractivity contribution in [3.8, 4) is 0 Å². The molecule has 0 radical (unpaired) electrons. The molecule has 80 valence electrons. The second-order valence-electron chi connectivity index (χ2n) is 1.80. The average molecular weight is 230 g/mol. The van der Waals surface area contributed by atoms with E-state index in [1.165, 1.54) is 19.3 Å². The SMILES string of the molecule is CCCCC.O=[P+]([O-])[O-].O=[P+]([O-])[O-]. The third-order valence-corrected chi connectivity index (χ3v) is 0.707. The van der Waals surface area contributed by atoms with Gasteiger partial charge in [-0.3, -0.25) is 0 Å². The van der Waals surface area contributed by atoms with E-state index >= 15 is 0 Å². The van der Waals surface area contributed by atoms with Gasteiger partial charge in [-0.2, -0.15) is 0 Å². The summed E-state index contributed by atoms with van der Waals surface area (Å²) in [6.45, 7) is 4.42. The maximum Gasteiger partial charge on any atom is 0.276 e. The molecule has 0 atom stereocenters. The molecule has 0 N–H and O–H groups in total. The first kappa shape index (κ1) is 18.8. The van der Waals surface area contributed by atoms with Crippen molar-refractivity contribution in [2.24, 2.45) is 0 Å². The first-order valence-electron chi connectivity index (χ1n) is 3.51. The predicted octanol–water partition coefficient (Wildman–Crippen LogP) is -1.07. The lowest BCUT2D eigenvalue weighted by atomic mass is 10.3. The highest BCUT2D eigenvalue weighted by Crippen LogP contribution is 1.88. The van der Waals surface area contributed by atoms with Crippen LogP contribution in [0, 0.1) is 0 Å². The maximum absolute atomic E-state index is 8.48. The molecule has 0 aromatic heterocycles. The molecule has 0 spiro atoms. The molecular weight excluding hydrogens is 218 g/mol. The van der Waals surface area contributed by atoms with Gasteiger partial charge >= 0.3 is 0 Å². The lowest BCUT2D eigenvalue weighted by Gasteiger charge is -1.79. The zero-order valence-electron chi connectivity index (χ0n) is 7.47. The van der Waals surface area contributed by atoms with Crippen molar-refractivity contribution in [2.75, 3.05) is 0 Å². The Labute approximate surface area is 79.1 Å². The smallest absolute Gasteiger partial charge is 0.276 e. The van der Waals surface area contributed by atoms with Gasteiger partial charge in [0.1, 0.15) is 0 Å². The van der Waals surface area contributed by atoms with Crippen LogP contribution in [0.5, 0.6) is 0 Å². The van der Waals surface area contributed by atoms with Crippen molar-refractivity contribution in [1.82, 2.24) is 0 Å². The fourth-order valence-electron chi connectivity index (χ4n) is 0.354. The van der Waals surface area contributed by atoms with Crippen LogP contribution in [0.3, 0.4) is 0 Å². The van der Waals surface area contributed by atoms with Gasteiger partial charge in [0.2, 0.25) is 0 Å². The highest BCUT2D eigenvalue weighted by atomic mass is 31.1. The molecule has 0 rings (SSSR count). The van der Waals surface area contributed by atoms with Crippen LogP contribution in [0.4, 0.5) is 0 Å². The molecular formula is C5H12O6P2-2. The summed E-state index contributed by atoms with van der Waals surface area (Å²) in [5, 5.41) is 0. The highest BCUT2D eigenvalue weighted by Gasteiger charge is 1.68. The summed E-state index contributed by atoms with van der Waals surface area (Å²) in [6.07, 6.45) is 4.08. The van der Waals surface area contributed by atoms with Crippen LogP contribution in [-0.2, 0) is 9.13 Å². The van der Waals surface area contributed by atoms with E-state index in [0.29, 0.717) is 0 Å². The first-order chi connectivity index (χ1) is 5.88. The summed E-state index contributed by atoms with van der Waals surface area (Å²) in [5.74, 6) is 0. The van der Waals surface area contributed by atoms with E-state index in [-0.39, 0.29) is 0 Å². The second-order valence-corrected chi connectivity index (χ2v) is 2.70. The normalized spacial score (nSPS) is 7.23. The first-order valence-corrected chi connectivity index (χ1v) is 5.70.